The van der Waals surface area contributed by atoms with Crippen molar-refractivity contribution >= 4 is 35.0 Å². The van der Waals surface area contributed by atoms with Crippen molar-refractivity contribution in [2.24, 2.45) is 0 Å². The summed E-state index contributed by atoms with van der Waals surface area (Å²) in [5.41, 5.74) is 7.91. The number of nitrogens with one attached hydrogen (secondary N) is 1. The molecule has 3 aromatic rings. The molecule has 0 aromatic heterocycles. The third-order valence-electron chi connectivity index (χ3n) is 4.44. The van der Waals surface area contributed by atoms with Crippen LogP contribution in [0.4, 0.5) is 5.69 Å². The van der Waals surface area contributed by atoms with Gasteiger partial charge in [0.25, 0.3) is 0 Å². The summed E-state index contributed by atoms with van der Waals surface area (Å²) in [6, 6.07) is 26.1. The van der Waals surface area contributed by atoms with Crippen LogP contribution in [0.1, 0.15) is 17.2 Å². The number of halogens is 2. The van der Waals surface area contributed by atoms with Crippen LogP contribution < -0.4 is 10.4 Å². The van der Waals surface area contributed by atoms with E-state index in [-0.39, 0.29) is 6.04 Å². The molecule has 1 aliphatic rings. The smallest absolute Gasteiger partial charge is 0.0958 e. The summed E-state index contributed by atoms with van der Waals surface area (Å²) >= 11 is 12.0. The van der Waals surface area contributed by atoms with E-state index in [2.05, 4.69) is 52.9 Å². The summed E-state index contributed by atoms with van der Waals surface area (Å²) in [5, 5.41) is 3.64. The average Bonchev–Trinajstić information content (AvgIpc) is 3.13. The maximum Gasteiger partial charge on any atom is 0.0958 e. The minimum absolute atomic E-state index is 0.0783. The number of hydrazine groups is 1. The maximum absolute atomic E-state index is 6.06. The molecule has 1 heterocycles. The topological polar surface area (TPSA) is 15.3 Å². The summed E-state index contributed by atoms with van der Waals surface area (Å²) in [7, 11) is 0. The highest BCUT2D eigenvalue weighted by Crippen LogP contribution is 2.32. The van der Waals surface area contributed by atoms with Gasteiger partial charge in [-0.15, -0.1) is 0 Å². The fourth-order valence-electron chi connectivity index (χ4n) is 3.06. The molecule has 0 bridgehead atoms. The number of para-hydroxylation sites is 1. The molecule has 27 heavy (non-hydrogen) atoms. The molecule has 4 rings (SSSR count). The molecule has 0 fully saturated rings. The lowest BCUT2D eigenvalue weighted by atomic mass is 10.1. The first-order valence-corrected chi connectivity index (χ1v) is 9.46. The lowest BCUT2D eigenvalue weighted by molar-refractivity contribution is 0.710. The van der Waals surface area contributed by atoms with Crippen LogP contribution in [0.15, 0.2) is 96.7 Å². The quantitative estimate of drug-likeness (QED) is 0.533. The van der Waals surface area contributed by atoms with Crippen LogP contribution in [0.3, 0.4) is 0 Å². The van der Waals surface area contributed by atoms with Gasteiger partial charge in [0.1, 0.15) is 0 Å². The molecule has 1 atom stereocenters. The number of allylic oxidation sites excluding steroid dienone is 1. The molecular formula is C23H18Cl2N2. The van der Waals surface area contributed by atoms with Crippen LogP contribution in [-0.4, -0.2) is 0 Å². The van der Waals surface area contributed by atoms with Gasteiger partial charge in [0.15, 0.2) is 0 Å². The van der Waals surface area contributed by atoms with E-state index in [1.54, 1.807) is 0 Å². The molecule has 3 aromatic carbocycles. The second-order valence-corrected chi connectivity index (χ2v) is 7.19. The molecule has 134 valence electrons. The van der Waals surface area contributed by atoms with Gasteiger partial charge in [-0.25, -0.2) is 0 Å². The van der Waals surface area contributed by atoms with E-state index in [4.69, 9.17) is 23.2 Å². The van der Waals surface area contributed by atoms with E-state index in [0.29, 0.717) is 0 Å². The molecule has 0 unspecified atom stereocenters. The molecule has 4 heteroatoms. The molecule has 0 spiro atoms. The first-order chi connectivity index (χ1) is 13.2. The Kier molecular flexibility index (Phi) is 5.19. The second kappa shape index (κ2) is 7.91. The van der Waals surface area contributed by atoms with Gasteiger partial charge in [-0.1, -0.05) is 71.7 Å². The molecule has 0 radical (unpaired) electrons. The van der Waals surface area contributed by atoms with Crippen molar-refractivity contribution in [1.82, 2.24) is 5.43 Å². The Morgan fingerprint density at radius 1 is 0.741 bits per heavy atom. The van der Waals surface area contributed by atoms with Gasteiger partial charge in [0.05, 0.1) is 17.4 Å². The zero-order valence-electron chi connectivity index (χ0n) is 14.5. The zero-order valence-corrected chi connectivity index (χ0v) is 16.0. The Balaban J connectivity index is 1.63. The van der Waals surface area contributed by atoms with Crippen LogP contribution in [-0.2, 0) is 0 Å². The lowest BCUT2D eigenvalue weighted by Gasteiger charge is -2.27. The molecule has 0 saturated heterocycles. The first-order valence-electron chi connectivity index (χ1n) is 8.71. The van der Waals surface area contributed by atoms with Crippen molar-refractivity contribution < 1.29 is 0 Å². The van der Waals surface area contributed by atoms with Crippen LogP contribution in [0.25, 0.3) is 6.08 Å². The summed E-state index contributed by atoms with van der Waals surface area (Å²) < 4.78 is 0. The molecule has 0 aliphatic carbocycles. The summed E-state index contributed by atoms with van der Waals surface area (Å²) in [4.78, 5) is 0. The number of nitrogens with zero attached hydrogens (tertiary/aromatic N) is 1. The van der Waals surface area contributed by atoms with E-state index < -0.39 is 0 Å². The maximum atomic E-state index is 6.06. The molecular weight excluding hydrogens is 375 g/mol. The van der Waals surface area contributed by atoms with E-state index in [1.165, 1.54) is 5.56 Å². The van der Waals surface area contributed by atoms with Crippen molar-refractivity contribution in [3.05, 3.63) is 118 Å². The Labute approximate surface area is 169 Å². The lowest BCUT2D eigenvalue weighted by Crippen LogP contribution is -2.33. The Morgan fingerprint density at radius 2 is 1.37 bits per heavy atom. The highest BCUT2D eigenvalue weighted by molar-refractivity contribution is 6.30. The van der Waals surface area contributed by atoms with E-state index in [0.717, 1.165) is 27.0 Å². The third kappa shape index (κ3) is 4.19. The zero-order chi connectivity index (χ0) is 18.6. The summed E-state index contributed by atoms with van der Waals surface area (Å²) in [6.07, 6.45) is 6.36. The van der Waals surface area contributed by atoms with E-state index >= 15 is 0 Å². The van der Waals surface area contributed by atoms with Gasteiger partial charge in [-0.2, -0.15) is 0 Å². The predicted molar refractivity (Wildman–Crippen MR) is 115 cm³/mol. The molecule has 2 nitrogen and oxygen atoms in total. The van der Waals surface area contributed by atoms with Gasteiger partial charge in [-0.05, 0) is 59.7 Å². The van der Waals surface area contributed by atoms with Crippen molar-refractivity contribution in [2.75, 3.05) is 5.01 Å². The normalized spacial score (nSPS) is 16.4. The minimum Gasteiger partial charge on any atom is -0.298 e. The van der Waals surface area contributed by atoms with Gasteiger partial charge >= 0.3 is 0 Å². The average molecular weight is 393 g/mol. The van der Waals surface area contributed by atoms with Gasteiger partial charge in [0.2, 0.25) is 0 Å². The van der Waals surface area contributed by atoms with E-state index in [9.17, 15) is 0 Å². The van der Waals surface area contributed by atoms with E-state index in [1.807, 2.05) is 54.6 Å². The molecule has 1 aliphatic heterocycles. The monoisotopic (exact) mass is 392 g/mol. The highest BCUT2D eigenvalue weighted by atomic mass is 35.5. The Bertz CT molecular complexity index is 962. The van der Waals surface area contributed by atoms with Crippen LogP contribution >= 0.6 is 23.2 Å². The summed E-state index contributed by atoms with van der Waals surface area (Å²) in [5.74, 6) is 0. The fraction of sp³-hybridized carbons (Fsp3) is 0.0435. The van der Waals surface area contributed by atoms with Gasteiger partial charge in [0, 0.05) is 10.0 Å². The number of hydrogen-bond acceptors (Lipinski definition) is 2. The van der Waals surface area contributed by atoms with Crippen molar-refractivity contribution in [2.45, 2.75) is 6.04 Å². The number of benzene rings is 3. The standard InChI is InChI=1S/C23H18Cl2N2/c24-19-11-6-17(7-12-19)8-15-21-16-23(18-9-13-20(25)14-10-18)27(26-21)22-4-2-1-3-5-22/h1-16,23,26H/b15-8+/t23-/m1/s1. The first kappa shape index (κ1) is 17.7. The van der Waals surface area contributed by atoms with Crippen LogP contribution in [0, 0.1) is 0 Å². The number of hydrogen-bond donors (Lipinski definition) is 1. The van der Waals surface area contributed by atoms with Crippen molar-refractivity contribution in [1.29, 1.82) is 0 Å². The predicted octanol–water partition coefficient (Wildman–Crippen LogP) is 6.66. The van der Waals surface area contributed by atoms with Crippen LogP contribution in [0.2, 0.25) is 10.0 Å². The molecule has 0 saturated carbocycles. The van der Waals surface area contributed by atoms with Crippen LogP contribution in [0.5, 0.6) is 0 Å². The minimum atomic E-state index is 0.0783. The molecule has 1 N–H and O–H groups in total. The second-order valence-electron chi connectivity index (χ2n) is 6.32. The number of rotatable bonds is 4. The largest absolute Gasteiger partial charge is 0.298 e. The highest BCUT2D eigenvalue weighted by Gasteiger charge is 2.25. The van der Waals surface area contributed by atoms with Gasteiger partial charge < -0.3 is 0 Å². The third-order valence-corrected chi connectivity index (χ3v) is 4.94. The molecule has 0 amide bonds. The Morgan fingerprint density at radius 3 is 2.04 bits per heavy atom. The number of anilines is 1. The van der Waals surface area contributed by atoms with Crippen molar-refractivity contribution in [3.8, 4) is 0 Å². The SMILES string of the molecule is Clc1ccc(/C=C/C2=C[C@H](c3ccc(Cl)cc3)N(c3ccccc3)N2)cc1. The fourth-order valence-corrected chi connectivity index (χ4v) is 3.31. The summed E-state index contributed by atoms with van der Waals surface area (Å²) in [6.45, 7) is 0. The van der Waals surface area contributed by atoms with Gasteiger partial charge in [-0.3, -0.25) is 10.4 Å². The van der Waals surface area contributed by atoms with Crippen molar-refractivity contribution in [3.63, 3.8) is 0 Å². The Hall–Kier alpha value is -2.68.